The van der Waals surface area contributed by atoms with Gasteiger partial charge in [-0.05, 0) is 74.5 Å². The van der Waals surface area contributed by atoms with E-state index in [-0.39, 0.29) is 11.7 Å². The number of ketones is 1. The fraction of sp³-hybridized carbons (Fsp3) is 0.111. The Morgan fingerprint density at radius 2 is 1.31 bits per heavy atom. The molecule has 176 valence electrons. The number of nitrogens with one attached hydrogen (secondary N) is 3. The lowest BCUT2D eigenvalue weighted by molar-refractivity contribution is 0.101. The number of Topliss-reactive ketones (excluding diaryl/α,β-unsaturated/α-hetero) is 1. The highest BCUT2D eigenvalue weighted by Crippen LogP contribution is 2.22. The fourth-order valence-corrected chi connectivity index (χ4v) is 3.34. The number of methoxy groups -OCH3 is 1. The molecule has 1 amide bonds. The third-order valence-corrected chi connectivity index (χ3v) is 5.17. The Kier molecular flexibility index (Phi) is 7.02. The van der Waals surface area contributed by atoms with E-state index >= 15 is 0 Å². The lowest BCUT2D eigenvalue weighted by Crippen LogP contribution is -2.12. The van der Waals surface area contributed by atoms with Crippen molar-refractivity contribution in [3.05, 3.63) is 95.7 Å². The fourth-order valence-electron chi connectivity index (χ4n) is 3.34. The van der Waals surface area contributed by atoms with Crippen molar-refractivity contribution in [3.8, 4) is 5.75 Å². The second-order valence-electron chi connectivity index (χ2n) is 7.86. The molecule has 0 spiro atoms. The van der Waals surface area contributed by atoms with Crippen molar-refractivity contribution < 1.29 is 14.3 Å². The molecule has 8 nitrogen and oxygen atoms in total. The van der Waals surface area contributed by atoms with Crippen LogP contribution in [0.1, 0.15) is 33.3 Å². The van der Waals surface area contributed by atoms with Crippen LogP contribution in [0.2, 0.25) is 0 Å². The zero-order valence-corrected chi connectivity index (χ0v) is 19.6. The Labute approximate surface area is 203 Å². The van der Waals surface area contributed by atoms with E-state index < -0.39 is 0 Å². The first-order chi connectivity index (χ1) is 16.9. The lowest BCUT2D eigenvalue weighted by Gasteiger charge is -2.11. The van der Waals surface area contributed by atoms with Gasteiger partial charge in [0, 0.05) is 39.9 Å². The van der Waals surface area contributed by atoms with Crippen molar-refractivity contribution in [2.75, 3.05) is 23.1 Å². The van der Waals surface area contributed by atoms with E-state index in [1.54, 1.807) is 43.5 Å². The van der Waals surface area contributed by atoms with E-state index in [0.29, 0.717) is 28.6 Å². The number of hydrogen-bond donors (Lipinski definition) is 3. The summed E-state index contributed by atoms with van der Waals surface area (Å²) in [5.41, 5.74) is 4.14. The minimum atomic E-state index is -0.253. The predicted octanol–water partition coefficient (Wildman–Crippen LogP) is 5.74. The molecule has 4 aromatic rings. The van der Waals surface area contributed by atoms with Gasteiger partial charge in [0.25, 0.3) is 5.91 Å². The van der Waals surface area contributed by atoms with Gasteiger partial charge in [0.15, 0.2) is 5.78 Å². The number of carbonyl (C=O) groups is 2. The summed E-state index contributed by atoms with van der Waals surface area (Å²) in [5.74, 6) is 1.59. The largest absolute Gasteiger partial charge is 0.497 e. The first kappa shape index (κ1) is 23.4. The van der Waals surface area contributed by atoms with Crippen LogP contribution in [-0.4, -0.2) is 28.8 Å². The normalized spacial score (nSPS) is 10.4. The highest BCUT2D eigenvalue weighted by atomic mass is 16.5. The van der Waals surface area contributed by atoms with Crippen LogP contribution < -0.4 is 20.7 Å². The molecular formula is C27H25N5O3. The van der Waals surface area contributed by atoms with Crippen molar-refractivity contribution in [2.24, 2.45) is 0 Å². The Morgan fingerprint density at radius 3 is 1.94 bits per heavy atom. The van der Waals surface area contributed by atoms with E-state index in [1.807, 2.05) is 49.4 Å². The van der Waals surface area contributed by atoms with E-state index in [1.165, 1.54) is 6.92 Å². The first-order valence-electron chi connectivity index (χ1n) is 11.0. The third kappa shape index (κ3) is 6.20. The summed E-state index contributed by atoms with van der Waals surface area (Å²) >= 11 is 0. The molecule has 0 fully saturated rings. The molecule has 0 aliphatic carbocycles. The van der Waals surface area contributed by atoms with Crippen LogP contribution >= 0.6 is 0 Å². The van der Waals surface area contributed by atoms with E-state index in [4.69, 9.17) is 4.74 Å². The molecule has 35 heavy (non-hydrogen) atoms. The molecule has 0 aliphatic heterocycles. The lowest BCUT2D eigenvalue weighted by atomic mass is 10.1. The highest BCUT2D eigenvalue weighted by Gasteiger charge is 2.08. The quantitative estimate of drug-likeness (QED) is 0.284. The number of rotatable bonds is 8. The number of ether oxygens (including phenoxy) is 1. The van der Waals surface area contributed by atoms with Gasteiger partial charge in [0.05, 0.1) is 7.11 Å². The molecule has 0 aliphatic rings. The number of anilines is 5. The van der Waals surface area contributed by atoms with Crippen molar-refractivity contribution in [1.82, 2.24) is 9.97 Å². The standard InChI is InChI=1S/C27H25N5O3/c1-17-16-25(29-21-12-14-24(35-3)15-13-21)32-27(28-17)31-23-10-8-22(9-11-23)30-26(34)20-6-4-19(5-7-20)18(2)33/h4-16H,1-3H3,(H,30,34)(H2,28,29,31,32). The molecule has 0 saturated carbocycles. The molecule has 1 aromatic heterocycles. The molecule has 8 heteroatoms. The molecule has 0 radical (unpaired) electrons. The van der Waals surface area contributed by atoms with Crippen LogP contribution in [0.5, 0.6) is 5.75 Å². The summed E-state index contributed by atoms with van der Waals surface area (Å²) in [6.07, 6.45) is 0. The van der Waals surface area contributed by atoms with Crippen molar-refractivity contribution >= 4 is 40.5 Å². The summed E-state index contributed by atoms with van der Waals surface area (Å²) in [6, 6.07) is 23.2. The Bertz CT molecular complexity index is 1340. The first-order valence-corrected chi connectivity index (χ1v) is 11.0. The molecule has 3 N–H and O–H groups in total. The Balaban J connectivity index is 1.40. The van der Waals surface area contributed by atoms with Gasteiger partial charge in [-0.15, -0.1) is 0 Å². The molecule has 0 saturated heterocycles. The van der Waals surface area contributed by atoms with E-state index in [0.717, 1.165) is 22.8 Å². The van der Waals surface area contributed by atoms with Gasteiger partial charge in [-0.3, -0.25) is 9.59 Å². The Hall–Kier alpha value is -4.72. The number of aryl methyl sites for hydroxylation is 1. The van der Waals surface area contributed by atoms with Gasteiger partial charge in [-0.2, -0.15) is 4.98 Å². The van der Waals surface area contributed by atoms with Gasteiger partial charge in [-0.25, -0.2) is 4.98 Å². The number of hydrogen-bond acceptors (Lipinski definition) is 7. The van der Waals surface area contributed by atoms with Crippen LogP contribution in [0, 0.1) is 6.92 Å². The molecule has 3 aromatic carbocycles. The molecule has 0 unspecified atom stereocenters. The predicted molar refractivity (Wildman–Crippen MR) is 137 cm³/mol. The molecule has 0 bridgehead atoms. The van der Waals surface area contributed by atoms with Gasteiger partial charge in [-0.1, -0.05) is 12.1 Å². The zero-order chi connectivity index (χ0) is 24.8. The average molecular weight is 468 g/mol. The van der Waals surface area contributed by atoms with Crippen LogP contribution in [0.15, 0.2) is 78.9 Å². The van der Waals surface area contributed by atoms with Crippen molar-refractivity contribution in [3.63, 3.8) is 0 Å². The number of carbonyl (C=O) groups excluding carboxylic acids is 2. The average Bonchev–Trinajstić information content (AvgIpc) is 2.85. The summed E-state index contributed by atoms with van der Waals surface area (Å²) < 4.78 is 5.19. The molecular weight excluding hydrogens is 442 g/mol. The van der Waals surface area contributed by atoms with Crippen LogP contribution in [-0.2, 0) is 0 Å². The highest BCUT2D eigenvalue weighted by molar-refractivity contribution is 6.05. The third-order valence-electron chi connectivity index (χ3n) is 5.17. The molecule has 1 heterocycles. The van der Waals surface area contributed by atoms with Gasteiger partial charge < -0.3 is 20.7 Å². The van der Waals surface area contributed by atoms with E-state index in [9.17, 15) is 9.59 Å². The van der Waals surface area contributed by atoms with Gasteiger partial charge >= 0.3 is 0 Å². The molecule has 4 rings (SSSR count). The number of amides is 1. The maximum absolute atomic E-state index is 12.5. The summed E-state index contributed by atoms with van der Waals surface area (Å²) in [7, 11) is 1.63. The topological polar surface area (TPSA) is 105 Å². The second kappa shape index (κ2) is 10.5. The number of aromatic nitrogens is 2. The number of benzene rings is 3. The van der Waals surface area contributed by atoms with Crippen molar-refractivity contribution in [2.45, 2.75) is 13.8 Å². The van der Waals surface area contributed by atoms with Crippen LogP contribution in [0.25, 0.3) is 0 Å². The second-order valence-corrected chi connectivity index (χ2v) is 7.86. The molecule has 0 atom stereocenters. The summed E-state index contributed by atoms with van der Waals surface area (Å²) in [4.78, 5) is 32.9. The van der Waals surface area contributed by atoms with Gasteiger partial charge in [0.2, 0.25) is 5.95 Å². The maximum atomic E-state index is 12.5. The van der Waals surface area contributed by atoms with Crippen molar-refractivity contribution in [1.29, 1.82) is 0 Å². The monoisotopic (exact) mass is 467 g/mol. The van der Waals surface area contributed by atoms with E-state index in [2.05, 4.69) is 25.9 Å². The summed E-state index contributed by atoms with van der Waals surface area (Å²) in [5, 5.41) is 9.31. The Morgan fingerprint density at radius 1 is 0.743 bits per heavy atom. The van der Waals surface area contributed by atoms with Crippen LogP contribution in [0.4, 0.5) is 28.8 Å². The van der Waals surface area contributed by atoms with Gasteiger partial charge in [0.1, 0.15) is 11.6 Å². The minimum Gasteiger partial charge on any atom is -0.497 e. The zero-order valence-electron chi connectivity index (χ0n) is 19.6. The minimum absolute atomic E-state index is 0.0405. The summed E-state index contributed by atoms with van der Waals surface area (Å²) in [6.45, 7) is 3.39. The maximum Gasteiger partial charge on any atom is 0.255 e. The smallest absolute Gasteiger partial charge is 0.255 e. The SMILES string of the molecule is COc1ccc(Nc2cc(C)nc(Nc3ccc(NC(=O)c4ccc(C(C)=O)cc4)cc3)n2)cc1. The van der Waals surface area contributed by atoms with Crippen LogP contribution in [0.3, 0.4) is 0 Å². The number of nitrogens with zero attached hydrogens (tertiary/aromatic N) is 2.